The average molecular weight is 437 g/mol. The van der Waals surface area contributed by atoms with Gasteiger partial charge in [-0.05, 0) is 53.3 Å². The van der Waals surface area contributed by atoms with Gasteiger partial charge < -0.3 is 10.6 Å². The van der Waals surface area contributed by atoms with Gasteiger partial charge >= 0.3 is 0 Å². The van der Waals surface area contributed by atoms with Crippen molar-refractivity contribution in [2.45, 2.75) is 0 Å². The number of nitrogens with zero attached hydrogens (tertiary/aromatic N) is 3. The Kier molecular flexibility index (Phi) is 7.09. The number of anilines is 2. The van der Waals surface area contributed by atoms with E-state index in [0.29, 0.717) is 17.1 Å². The van der Waals surface area contributed by atoms with Gasteiger partial charge in [-0.25, -0.2) is 4.98 Å². The van der Waals surface area contributed by atoms with Gasteiger partial charge in [0.05, 0.1) is 23.7 Å². The van der Waals surface area contributed by atoms with E-state index in [4.69, 9.17) is 16.9 Å². The maximum absolute atomic E-state index is 12.1. The van der Waals surface area contributed by atoms with Crippen LogP contribution in [0.25, 0.3) is 0 Å². The van der Waals surface area contributed by atoms with Crippen molar-refractivity contribution < 1.29 is 9.59 Å². The number of likely N-dealkylation sites (N-methyl/N-ethyl adjacent to an activating group) is 1. The van der Waals surface area contributed by atoms with Gasteiger partial charge in [-0.2, -0.15) is 5.26 Å². The van der Waals surface area contributed by atoms with Crippen molar-refractivity contribution in [1.82, 2.24) is 9.88 Å². The predicted molar refractivity (Wildman–Crippen MR) is 103 cm³/mol. The van der Waals surface area contributed by atoms with Gasteiger partial charge in [0.2, 0.25) is 11.8 Å². The van der Waals surface area contributed by atoms with Crippen LogP contribution in [0.5, 0.6) is 0 Å². The van der Waals surface area contributed by atoms with Crippen molar-refractivity contribution in [2.24, 2.45) is 0 Å². The van der Waals surface area contributed by atoms with Crippen LogP contribution >= 0.6 is 27.5 Å². The van der Waals surface area contributed by atoms with Crippen molar-refractivity contribution in [2.75, 3.05) is 30.8 Å². The van der Waals surface area contributed by atoms with Gasteiger partial charge in [-0.15, -0.1) is 0 Å². The summed E-state index contributed by atoms with van der Waals surface area (Å²) in [5.74, 6) is -0.150. The van der Waals surface area contributed by atoms with Crippen LogP contribution in [0.2, 0.25) is 5.02 Å². The highest BCUT2D eigenvalue weighted by Crippen LogP contribution is 2.20. The van der Waals surface area contributed by atoms with Crippen LogP contribution in [-0.4, -0.2) is 41.8 Å². The Bertz CT molecular complexity index is 851. The minimum atomic E-state index is -0.303. The van der Waals surface area contributed by atoms with Gasteiger partial charge in [-0.3, -0.25) is 14.5 Å². The van der Waals surface area contributed by atoms with E-state index >= 15 is 0 Å². The van der Waals surface area contributed by atoms with Crippen molar-refractivity contribution in [1.29, 1.82) is 5.26 Å². The molecule has 2 N–H and O–H groups in total. The number of nitriles is 1. The Labute approximate surface area is 164 Å². The molecule has 26 heavy (non-hydrogen) atoms. The largest absolute Gasteiger partial charge is 0.325 e. The topological polar surface area (TPSA) is 98.1 Å². The molecule has 0 radical (unpaired) electrons. The number of halogens is 2. The molecule has 2 amide bonds. The molecule has 0 aliphatic heterocycles. The molecule has 1 heterocycles. The lowest BCUT2D eigenvalue weighted by atomic mass is 10.2. The molecule has 0 spiro atoms. The Morgan fingerprint density at radius 3 is 2.50 bits per heavy atom. The number of benzene rings is 1. The predicted octanol–water partition coefficient (Wildman–Crippen LogP) is 2.88. The van der Waals surface area contributed by atoms with Crippen LogP contribution in [0.3, 0.4) is 0 Å². The first-order valence-electron chi connectivity index (χ1n) is 7.47. The average Bonchev–Trinajstić information content (AvgIpc) is 2.56. The number of hydrogen-bond acceptors (Lipinski definition) is 5. The molecule has 0 atom stereocenters. The number of aromatic nitrogens is 1. The van der Waals surface area contributed by atoms with E-state index in [0.717, 1.165) is 4.47 Å². The summed E-state index contributed by atoms with van der Waals surface area (Å²) in [6, 6.07) is 10.0. The van der Waals surface area contributed by atoms with Gasteiger partial charge in [0.25, 0.3) is 0 Å². The molecule has 0 saturated carbocycles. The number of hydrogen-bond donors (Lipinski definition) is 2. The van der Waals surface area contributed by atoms with Crippen molar-refractivity contribution in [3.63, 3.8) is 0 Å². The summed E-state index contributed by atoms with van der Waals surface area (Å²) in [6.45, 7) is 0.0398. The second-order valence-corrected chi connectivity index (χ2v) is 6.76. The third kappa shape index (κ3) is 6.11. The Morgan fingerprint density at radius 1 is 1.23 bits per heavy atom. The molecule has 2 aromatic rings. The van der Waals surface area contributed by atoms with Crippen molar-refractivity contribution in [3.8, 4) is 6.07 Å². The minimum Gasteiger partial charge on any atom is -0.325 e. The van der Waals surface area contributed by atoms with Crippen LogP contribution in [0.4, 0.5) is 11.5 Å². The fourth-order valence-corrected chi connectivity index (χ4v) is 2.52. The van der Waals surface area contributed by atoms with Crippen LogP contribution in [0.15, 0.2) is 41.0 Å². The summed E-state index contributed by atoms with van der Waals surface area (Å²) in [5.41, 5.74) is 0.816. The Hall–Kier alpha value is -2.47. The first-order chi connectivity index (χ1) is 12.4. The Morgan fingerprint density at radius 2 is 1.92 bits per heavy atom. The number of rotatable bonds is 6. The second kappa shape index (κ2) is 9.29. The zero-order valence-electron chi connectivity index (χ0n) is 13.8. The lowest BCUT2D eigenvalue weighted by Gasteiger charge is -2.16. The van der Waals surface area contributed by atoms with Crippen LogP contribution in [0, 0.1) is 11.3 Å². The summed E-state index contributed by atoms with van der Waals surface area (Å²) >= 11 is 9.19. The van der Waals surface area contributed by atoms with E-state index in [2.05, 4.69) is 31.5 Å². The standard InChI is InChI=1S/C17H15BrClN5O2/c1-24(10-17(26)23-15-5-3-12(18)8-21-15)9-16(25)22-13-4-2-11(7-20)14(19)6-13/h2-6,8H,9-10H2,1H3,(H,22,25)(H,21,23,26). The highest BCUT2D eigenvalue weighted by atomic mass is 79.9. The number of carbonyl (C=O) groups is 2. The molecular formula is C17H15BrClN5O2. The summed E-state index contributed by atoms with van der Waals surface area (Å²) in [5, 5.41) is 14.4. The van der Waals surface area contributed by atoms with E-state index in [1.807, 2.05) is 6.07 Å². The fraction of sp³-hybridized carbons (Fsp3) is 0.176. The van der Waals surface area contributed by atoms with E-state index in [1.54, 1.807) is 36.3 Å². The molecule has 134 valence electrons. The van der Waals surface area contributed by atoms with Gasteiger partial charge in [0.1, 0.15) is 11.9 Å². The molecule has 2 rings (SSSR count). The summed E-state index contributed by atoms with van der Waals surface area (Å²) < 4.78 is 0.812. The van der Waals surface area contributed by atoms with Gasteiger partial charge in [0, 0.05) is 16.4 Å². The number of pyridine rings is 1. The lowest BCUT2D eigenvalue weighted by molar-refractivity contribution is -0.119. The van der Waals surface area contributed by atoms with Gasteiger partial charge in [0.15, 0.2) is 0 Å². The molecule has 0 saturated heterocycles. The maximum Gasteiger partial charge on any atom is 0.239 e. The zero-order chi connectivity index (χ0) is 19.1. The third-order valence-corrected chi connectivity index (χ3v) is 3.98. The van der Waals surface area contributed by atoms with Crippen molar-refractivity contribution >= 4 is 50.9 Å². The number of nitrogens with one attached hydrogen (secondary N) is 2. The van der Waals surface area contributed by atoms with Gasteiger partial charge in [-0.1, -0.05) is 11.6 Å². The first kappa shape index (κ1) is 19.8. The molecule has 0 fully saturated rings. The zero-order valence-corrected chi connectivity index (χ0v) is 16.1. The third-order valence-electron chi connectivity index (χ3n) is 3.20. The molecule has 7 nitrogen and oxygen atoms in total. The van der Waals surface area contributed by atoms with E-state index in [-0.39, 0.29) is 29.9 Å². The fourth-order valence-electron chi connectivity index (χ4n) is 2.06. The summed E-state index contributed by atoms with van der Waals surface area (Å²) in [4.78, 5) is 29.7. The smallest absolute Gasteiger partial charge is 0.239 e. The van der Waals surface area contributed by atoms with E-state index in [1.165, 1.54) is 12.1 Å². The SMILES string of the molecule is CN(CC(=O)Nc1ccc(C#N)c(Cl)c1)CC(=O)Nc1ccc(Br)cn1. The summed E-state index contributed by atoms with van der Waals surface area (Å²) in [6.07, 6.45) is 1.58. The highest BCUT2D eigenvalue weighted by molar-refractivity contribution is 9.10. The molecule has 0 aliphatic carbocycles. The first-order valence-corrected chi connectivity index (χ1v) is 8.64. The quantitative estimate of drug-likeness (QED) is 0.725. The maximum atomic E-state index is 12.1. The van der Waals surface area contributed by atoms with Crippen molar-refractivity contribution in [3.05, 3.63) is 51.6 Å². The molecule has 0 unspecified atom stereocenters. The molecule has 1 aromatic heterocycles. The summed E-state index contributed by atoms with van der Waals surface area (Å²) in [7, 11) is 1.65. The van der Waals surface area contributed by atoms with E-state index in [9.17, 15) is 9.59 Å². The molecule has 0 aliphatic rings. The van der Waals surface area contributed by atoms with Crippen LogP contribution in [-0.2, 0) is 9.59 Å². The normalized spacial score (nSPS) is 10.3. The van der Waals surface area contributed by atoms with E-state index < -0.39 is 0 Å². The molecule has 1 aromatic carbocycles. The lowest BCUT2D eigenvalue weighted by Crippen LogP contribution is -2.36. The Balaban J connectivity index is 1.82. The monoisotopic (exact) mass is 435 g/mol. The van der Waals surface area contributed by atoms with Crippen LogP contribution < -0.4 is 10.6 Å². The molecule has 0 bridgehead atoms. The second-order valence-electron chi connectivity index (χ2n) is 5.44. The number of carbonyl (C=O) groups excluding carboxylic acids is 2. The molecular weight excluding hydrogens is 422 g/mol. The van der Waals surface area contributed by atoms with Crippen LogP contribution in [0.1, 0.15) is 5.56 Å². The minimum absolute atomic E-state index is 0.0127. The number of amides is 2. The molecule has 9 heteroatoms. The highest BCUT2D eigenvalue weighted by Gasteiger charge is 2.12.